The number of benzene rings is 2. The number of aromatic nitrogens is 4. The van der Waals surface area contributed by atoms with E-state index >= 15 is 9.18 Å². The molecule has 2 saturated heterocycles. The summed E-state index contributed by atoms with van der Waals surface area (Å²) in [6.45, 7) is 16.2. The van der Waals surface area contributed by atoms with Crippen LogP contribution in [-0.2, 0) is 9.53 Å². The Morgan fingerprint density at radius 3 is 2.37 bits per heavy atom. The number of ketones is 1. The highest BCUT2D eigenvalue weighted by atomic mass is 28.3. The average Bonchev–Trinajstić information content (AvgIpc) is 3.69. The van der Waals surface area contributed by atoms with Gasteiger partial charge in [-0.15, -0.1) is 5.54 Å². The average molecular weight is 827 g/mol. The van der Waals surface area contributed by atoms with E-state index in [4.69, 9.17) is 29.2 Å². The van der Waals surface area contributed by atoms with Gasteiger partial charge in [0.1, 0.15) is 31.8 Å². The first kappa shape index (κ1) is 42.5. The molecule has 0 unspecified atom stereocenters. The van der Waals surface area contributed by atoms with Crippen LogP contribution < -0.4 is 14.4 Å². The number of hydrogen-bond donors (Lipinski definition) is 1. The summed E-state index contributed by atoms with van der Waals surface area (Å²) in [6.07, 6.45) is 5.10. The van der Waals surface area contributed by atoms with Crippen molar-refractivity contribution in [3.63, 3.8) is 0 Å². The molecule has 316 valence electrons. The van der Waals surface area contributed by atoms with Gasteiger partial charge in [0.15, 0.2) is 24.1 Å². The molecule has 2 aromatic heterocycles. The minimum absolute atomic E-state index is 0.0506. The monoisotopic (exact) mass is 826 g/mol. The van der Waals surface area contributed by atoms with Gasteiger partial charge in [0.05, 0.1) is 17.2 Å². The highest BCUT2D eigenvalue weighted by Gasteiger charge is 2.42. The number of piperidine rings is 1. The predicted octanol–water partition coefficient (Wildman–Crippen LogP) is 7.98. The van der Waals surface area contributed by atoms with E-state index in [1.807, 2.05) is 16.4 Å². The molecule has 1 amide bonds. The number of rotatable bonds is 13. The number of fused-ring (bicyclic) bond motifs is 2. The summed E-state index contributed by atoms with van der Waals surface area (Å²) in [7, 11) is 0.991. The molecule has 0 radical (unpaired) electrons. The van der Waals surface area contributed by atoms with Crippen LogP contribution >= 0.6 is 0 Å². The van der Waals surface area contributed by atoms with Gasteiger partial charge in [-0.25, -0.2) is 9.37 Å². The van der Waals surface area contributed by atoms with E-state index in [2.05, 4.69) is 53.0 Å². The molecule has 3 aliphatic rings. The van der Waals surface area contributed by atoms with Gasteiger partial charge in [0.25, 0.3) is 0 Å². The second-order valence-electron chi connectivity index (χ2n) is 17.9. The lowest BCUT2D eigenvalue weighted by molar-refractivity contribution is -0.127. The van der Waals surface area contributed by atoms with E-state index in [0.717, 1.165) is 25.7 Å². The van der Waals surface area contributed by atoms with Gasteiger partial charge in [-0.2, -0.15) is 9.97 Å². The fraction of sp³-hybridized carbons (Fsp3) is 0.578. The van der Waals surface area contributed by atoms with Crippen LogP contribution in [0.15, 0.2) is 24.3 Å². The lowest BCUT2D eigenvalue weighted by atomic mass is 9.91. The SMILES string of the molecule is COCOc1cc(C(=O)c2nc3nc(OC[C@@H]4CCC(=O)N4C)nc(N4CCC[C@@](C)(O)C4)c3n2C2CCC2)c2c(C#C[Si](C(C)C)(C(C)C)C(C)C)c(F)ccc2c1. The third kappa shape index (κ3) is 8.05. The number of hydrogen-bond acceptors (Lipinski definition) is 10. The molecular weight excluding hydrogens is 768 g/mol. The quantitative estimate of drug-likeness (QED) is 0.0613. The first-order valence-electron chi connectivity index (χ1n) is 21.2. The van der Waals surface area contributed by atoms with Crippen molar-refractivity contribution in [2.24, 2.45) is 0 Å². The number of likely N-dealkylation sites (N-methyl/N-ethyl adjacent to an activating group) is 1. The molecule has 14 heteroatoms. The second kappa shape index (κ2) is 16.8. The van der Waals surface area contributed by atoms with E-state index in [0.29, 0.717) is 76.8 Å². The zero-order chi connectivity index (χ0) is 42.4. The highest BCUT2D eigenvalue weighted by molar-refractivity contribution is 6.90. The Morgan fingerprint density at radius 2 is 1.76 bits per heavy atom. The largest absolute Gasteiger partial charge is 0.468 e. The number of anilines is 1. The number of likely N-dealkylation sites (tertiary alicyclic amines) is 1. The minimum atomic E-state index is -2.30. The summed E-state index contributed by atoms with van der Waals surface area (Å²) in [5, 5.41) is 12.3. The molecule has 1 aliphatic carbocycles. The molecule has 2 aromatic carbocycles. The molecule has 4 heterocycles. The topological polar surface area (TPSA) is 132 Å². The molecule has 1 saturated carbocycles. The summed E-state index contributed by atoms with van der Waals surface area (Å²) >= 11 is 0. The van der Waals surface area contributed by atoms with E-state index in [9.17, 15) is 9.90 Å². The van der Waals surface area contributed by atoms with E-state index in [1.54, 1.807) is 30.1 Å². The van der Waals surface area contributed by atoms with Crippen LogP contribution in [0.1, 0.15) is 121 Å². The van der Waals surface area contributed by atoms with E-state index in [1.165, 1.54) is 13.2 Å². The van der Waals surface area contributed by atoms with Gasteiger partial charge in [-0.1, -0.05) is 53.5 Å². The van der Waals surface area contributed by atoms with Gasteiger partial charge < -0.3 is 33.7 Å². The Hall–Kier alpha value is -4.58. The van der Waals surface area contributed by atoms with Gasteiger partial charge in [0, 0.05) is 50.7 Å². The predicted molar refractivity (Wildman–Crippen MR) is 229 cm³/mol. The maximum Gasteiger partial charge on any atom is 0.320 e. The molecule has 3 fully saturated rings. The summed E-state index contributed by atoms with van der Waals surface area (Å²) in [6, 6.07) is 6.37. The third-order valence-corrected chi connectivity index (χ3v) is 19.4. The molecule has 2 atom stereocenters. The van der Waals surface area contributed by atoms with Crippen molar-refractivity contribution in [2.75, 3.05) is 45.5 Å². The van der Waals surface area contributed by atoms with Crippen molar-refractivity contribution in [1.29, 1.82) is 0 Å². The fourth-order valence-corrected chi connectivity index (χ4v) is 14.9. The van der Waals surface area contributed by atoms with Crippen molar-refractivity contribution in [2.45, 2.75) is 128 Å². The van der Waals surface area contributed by atoms with Gasteiger partial charge in [-0.05, 0) is 85.7 Å². The number of amides is 1. The van der Waals surface area contributed by atoms with Crippen LogP contribution in [0.3, 0.4) is 0 Å². The van der Waals surface area contributed by atoms with Gasteiger partial charge in [-0.3, -0.25) is 9.59 Å². The van der Waals surface area contributed by atoms with Crippen molar-refractivity contribution < 1.29 is 33.3 Å². The number of imidazole rings is 1. The molecule has 7 rings (SSSR count). The Morgan fingerprint density at radius 1 is 1.03 bits per heavy atom. The second-order valence-corrected chi connectivity index (χ2v) is 23.5. The standard InChI is InChI=1S/C45H59FN6O6Si/c1-27(2)59(28(3)4,29(5)6)21-18-34-36(46)16-14-30-22-33(58-26-56-9)23-35(38(30)34)40(54)43-47-41-39(52(43)31-12-10-13-31)42(51-20-11-19-45(7,55)25-51)49-44(48-41)57-24-32-15-17-37(53)50(32)8/h14,16,22-23,27-29,31-32,55H,10-13,15,17,19-20,24-26H2,1-9H3/t32-,45+/m0/s1. The van der Waals surface area contributed by atoms with Crippen LogP contribution in [0.5, 0.6) is 11.8 Å². The number of aliphatic hydroxyl groups is 1. The molecule has 1 N–H and O–H groups in total. The first-order chi connectivity index (χ1) is 28.1. The molecule has 4 aromatic rings. The molecule has 0 bridgehead atoms. The Bertz CT molecular complexity index is 2290. The zero-order valence-corrected chi connectivity index (χ0v) is 37.0. The summed E-state index contributed by atoms with van der Waals surface area (Å²) in [4.78, 5) is 46.2. The summed E-state index contributed by atoms with van der Waals surface area (Å²) < 4.78 is 35.7. The van der Waals surface area contributed by atoms with Gasteiger partial charge >= 0.3 is 6.01 Å². The van der Waals surface area contributed by atoms with Crippen molar-refractivity contribution in [3.8, 4) is 23.2 Å². The molecule has 2 aliphatic heterocycles. The molecule has 59 heavy (non-hydrogen) atoms. The van der Waals surface area contributed by atoms with Crippen molar-refractivity contribution in [1.82, 2.24) is 24.4 Å². The fourth-order valence-electron chi connectivity index (χ4n) is 9.69. The normalized spacial score (nSPS) is 20.2. The Balaban J connectivity index is 1.45. The van der Waals surface area contributed by atoms with Crippen LogP contribution in [-0.4, -0.2) is 102 Å². The number of halogens is 1. The van der Waals surface area contributed by atoms with Crippen LogP contribution in [0.4, 0.5) is 10.2 Å². The first-order valence-corrected chi connectivity index (χ1v) is 23.4. The molecular formula is C45H59FN6O6Si. The van der Waals surface area contributed by atoms with E-state index in [-0.39, 0.29) is 60.0 Å². The molecule has 12 nitrogen and oxygen atoms in total. The van der Waals surface area contributed by atoms with Crippen molar-refractivity contribution >= 4 is 47.5 Å². The number of methoxy groups -OCH3 is 1. The van der Waals surface area contributed by atoms with E-state index < -0.39 is 25.3 Å². The maximum absolute atomic E-state index is 16.3. The number of nitrogens with zero attached hydrogens (tertiary/aromatic N) is 6. The summed E-state index contributed by atoms with van der Waals surface area (Å²) in [5.41, 5.74) is 4.93. The Kier molecular flexibility index (Phi) is 12.1. The molecule has 0 spiro atoms. The van der Waals surface area contributed by atoms with Crippen LogP contribution in [0.2, 0.25) is 16.6 Å². The van der Waals surface area contributed by atoms with Gasteiger partial charge in [0.2, 0.25) is 11.7 Å². The smallest absolute Gasteiger partial charge is 0.320 e. The van der Waals surface area contributed by atoms with Crippen LogP contribution in [0.25, 0.3) is 21.9 Å². The third-order valence-electron chi connectivity index (χ3n) is 13.1. The number of β-amino-alcohol motifs (C(OH)–C–C–N with tert-alkyl or cyclic N) is 1. The number of carbonyl (C=O) groups is 2. The van der Waals surface area contributed by atoms with Crippen molar-refractivity contribution in [3.05, 3.63) is 47.0 Å². The van der Waals surface area contributed by atoms with Crippen LogP contribution in [0, 0.1) is 17.3 Å². The maximum atomic E-state index is 16.3. The highest BCUT2D eigenvalue weighted by Crippen LogP contribution is 2.43. The lowest BCUT2D eigenvalue weighted by Crippen LogP contribution is -2.46. The lowest BCUT2D eigenvalue weighted by Gasteiger charge is -2.38. The number of ether oxygens (including phenoxy) is 3. The summed E-state index contributed by atoms with van der Waals surface area (Å²) in [5.74, 6) is 3.53. The number of carbonyl (C=O) groups excluding carboxylic acids is 2. The zero-order valence-electron chi connectivity index (χ0n) is 36.0. The Labute approximate surface area is 347 Å². The minimum Gasteiger partial charge on any atom is -0.468 e.